The van der Waals surface area contributed by atoms with E-state index in [4.69, 9.17) is 4.74 Å². The molecule has 0 saturated carbocycles. The summed E-state index contributed by atoms with van der Waals surface area (Å²) in [5.74, 6) is 0.349. The number of likely N-dealkylation sites (tertiary alicyclic amines) is 1. The first-order valence-electron chi connectivity index (χ1n) is 8.89. The van der Waals surface area contributed by atoms with Gasteiger partial charge in [0.25, 0.3) is 0 Å². The fraction of sp³-hybridized carbons (Fsp3) is 0.611. The van der Waals surface area contributed by atoms with Crippen molar-refractivity contribution in [3.05, 3.63) is 24.3 Å². The molecule has 1 fully saturated rings. The molecule has 0 spiro atoms. The Morgan fingerprint density at radius 1 is 1.16 bits per heavy atom. The van der Waals surface area contributed by atoms with Crippen LogP contribution < -0.4 is 9.46 Å². The molecule has 6 nitrogen and oxygen atoms in total. The Labute approximate surface area is 150 Å². The van der Waals surface area contributed by atoms with Gasteiger partial charge < -0.3 is 9.64 Å². The number of ether oxygens (including phenoxy) is 1. The van der Waals surface area contributed by atoms with Crippen LogP contribution in [0, 0.1) is 5.92 Å². The highest BCUT2D eigenvalue weighted by molar-refractivity contribution is 7.89. The molecule has 1 amide bonds. The van der Waals surface area contributed by atoms with Gasteiger partial charge in [0.1, 0.15) is 11.8 Å². The van der Waals surface area contributed by atoms with Crippen LogP contribution in [0.1, 0.15) is 40.0 Å². The summed E-state index contributed by atoms with van der Waals surface area (Å²) in [7, 11) is -3.77. The summed E-state index contributed by atoms with van der Waals surface area (Å²) in [6, 6.07) is 5.48. The molecular formula is C18H28N2O4S. The second-order valence-electron chi connectivity index (χ2n) is 6.63. The summed E-state index contributed by atoms with van der Waals surface area (Å²) in [6.45, 7) is 7.50. The van der Waals surface area contributed by atoms with E-state index in [1.165, 1.54) is 12.1 Å². The molecule has 7 heteroatoms. The first-order chi connectivity index (χ1) is 11.8. The lowest BCUT2D eigenvalue weighted by Gasteiger charge is -2.32. The molecule has 0 bridgehead atoms. The van der Waals surface area contributed by atoms with Gasteiger partial charge in [-0.05, 0) is 56.4 Å². The Balaban J connectivity index is 2.15. The quantitative estimate of drug-likeness (QED) is 0.802. The van der Waals surface area contributed by atoms with E-state index < -0.39 is 16.1 Å². The largest absolute Gasteiger partial charge is 0.494 e. The van der Waals surface area contributed by atoms with Crippen LogP contribution in [-0.4, -0.2) is 45.0 Å². The third-order valence-corrected chi connectivity index (χ3v) is 5.78. The van der Waals surface area contributed by atoms with E-state index in [-0.39, 0.29) is 16.7 Å². The normalized spacial score (nSPS) is 16.7. The topological polar surface area (TPSA) is 75.7 Å². The Morgan fingerprint density at radius 3 is 2.28 bits per heavy atom. The zero-order chi connectivity index (χ0) is 18.4. The van der Waals surface area contributed by atoms with Crippen molar-refractivity contribution >= 4 is 15.9 Å². The minimum Gasteiger partial charge on any atom is -0.494 e. The molecule has 0 aromatic heterocycles. The first kappa shape index (κ1) is 19.7. The summed E-state index contributed by atoms with van der Waals surface area (Å²) >= 11 is 0. The minimum absolute atomic E-state index is 0.132. The highest BCUT2D eigenvalue weighted by Gasteiger charge is 2.32. The molecule has 0 aliphatic carbocycles. The SMILES string of the molecule is CCOc1ccc(S(=O)(=O)N[C@H](C(=O)N2CCCCC2)C(C)C)cc1. The van der Waals surface area contributed by atoms with Crippen molar-refractivity contribution in [2.45, 2.75) is 51.0 Å². The van der Waals surface area contributed by atoms with Crippen molar-refractivity contribution in [1.29, 1.82) is 0 Å². The molecule has 0 unspecified atom stereocenters. The van der Waals surface area contributed by atoms with Crippen molar-refractivity contribution < 1.29 is 17.9 Å². The molecule has 1 saturated heterocycles. The van der Waals surface area contributed by atoms with Gasteiger partial charge in [0, 0.05) is 13.1 Å². The van der Waals surface area contributed by atoms with E-state index in [9.17, 15) is 13.2 Å². The van der Waals surface area contributed by atoms with Gasteiger partial charge >= 0.3 is 0 Å². The third kappa shape index (κ3) is 5.19. The summed E-state index contributed by atoms with van der Waals surface area (Å²) in [4.78, 5) is 14.7. The number of piperidine rings is 1. The maximum Gasteiger partial charge on any atom is 0.241 e. The van der Waals surface area contributed by atoms with Crippen molar-refractivity contribution in [2.24, 2.45) is 5.92 Å². The number of carbonyl (C=O) groups excluding carboxylic acids is 1. The number of nitrogens with one attached hydrogen (secondary N) is 1. The Morgan fingerprint density at radius 2 is 1.76 bits per heavy atom. The molecule has 1 aromatic rings. The highest BCUT2D eigenvalue weighted by Crippen LogP contribution is 2.19. The van der Waals surface area contributed by atoms with E-state index in [0.717, 1.165) is 19.3 Å². The molecule has 2 rings (SSSR count). The van der Waals surface area contributed by atoms with Crippen LogP contribution in [0.25, 0.3) is 0 Å². The van der Waals surface area contributed by atoms with Crippen molar-refractivity contribution in [3.63, 3.8) is 0 Å². The Kier molecular flexibility index (Phi) is 6.84. The second kappa shape index (κ2) is 8.67. The highest BCUT2D eigenvalue weighted by atomic mass is 32.2. The lowest BCUT2D eigenvalue weighted by molar-refractivity contribution is -0.134. The molecule has 1 aromatic carbocycles. The van der Waals surface area contributed by atoms with Gasteiger partial charge in [-0.1, -0.05) is 13.8 Å². The third-order valence-electron chi connectivity index (χ3n) is 4.33. The zero-order valence-electron chi connectivity index (χ0n) is 15.2. The van der Waals surface area contributed by atoms with E-state index in [2.05, 4.69) is 4.72 Å². The number of rotatable bonds is 7. The number of carbonyl (C=O) groups is 1. The summed E-state index contributed by atoms with van der Waals surface area (Å²) in [6.07, 6.45) is 3.07. The van der Waals surface area contributed by atoms with Gasteiger partial charge in [0.15, 0.2) is 0 Å². The van der Waals surface area contributed by atoms with Gasteiger partial charge in [-0.15, -0.1) is 0 Å². The van der Waals surface area contributed by atoms with Gasteiger partial charge in [0.05, 0.1) is 11.5 Å². The lowest BCUT2D eigenvalue weighted by Crippen LogP contribution is -2.52. The minimum atomic E-state index is -3.77. The van der Waals surface area contributed by atoms with Crippen LogP contribution in [0.4, 0.5) is 0 Å². The number of hydrogen-bond acceptors (Lipinski definition) is 4. The molecule has 1 heterocycles. The average molecular weight is 368 g/mol. The Bertz CT molecular complexity index is 665. The monoisotopic (exact) mass is 368 g/mol. The van der Waals surface area contributed by atoms with Crippen LogP contribution in [0.3, 0.4) is 0 Å². The lowest BCUT2D eigenvalue weighted by atomic mass is 10.0. The number of benzene rings is 1. The van der Waals surface area contributed by atoms with E-state index >= 15 is 0 Å². The van der Waals surface area contributed by atoms with Crippen LogP contribution in [-0.2, 0) is 14.8 Å². The van der Waals surface area contributed by atoms with Gasteiger partial charge in [-0.3, -0.25) is 4.79 Å². The van der Waals surface area contributed by atoms with Crippen molar-refractivity contribution in [3.8, 4) is 5.75 Å². The standard InChI is InChI=1S/C18H28N2O4S/c1-4-24-15-8-10-16(11-9-15)25(22,23)19-17(14(2)3)18(21)20-12-6-5-7-13-20/h8-11,14,17,19H,4-7,12-13H2,1-3H3/t17-/m0/s1. The number of sulfonamides is 1. The summed E-state index contributed by atoms with van der Waals surface area (Å²) in [5, 5.41) is 0. The number of nitrogens with zero attached hydrogens (tertiary/aromatic N) is 1. The predicted molar refractivity (Wildman–Crippen MR) is 97.0 cm³/mol. The predicted octanol–water partition coefficient (Wildman–Crippen LogP) is 2.40. The average Bonchev–Trinajstić information content (AvgIpc) is 2.60. The number of hydrogen-bond donors (Lipinski definition) is 1. The maximum atomic E-state index is 12.8. The summed E-state index contributed by atoms with van der Waals surface area (Å²) in [5.41, 5.74) is 0. The van der Waals surface area contributed by atoms with E-state index in [1.807, 2.05) is 20.8 Å². The fourth-order valence-electron chi connectivity index (χ4n) is 2.90. The molecule has 1 N–H and O–H groups in total. The van der Waals surface area contributed by atoms with Crippen LogP contribution in [0.5, 0.6) is 5.75 Å². The van der Waals surface area contributed by atoms with Gasteiger partial charge in [0.2, 0.25) is 15.9 Å². The van der Waals surface area contributed by atoms with E-state index in [1.54, 1.807) is 17.0 Å². The maximum absolute atomic E-state index is 12.8. The van der Waals surface area contributed by atoms with Gasteiger partial charge in [-0.25, -0.2) is 8.42 Å². The molecular weight excluding hydrogens is 340 g/mol. The van der Waals surface area contributed by atoms with Crippen molar-refractivity contribution in [1.82, 2.24) is 9.62 Å². The number of amides is 1. The van der Waals surface area contributed by atoms with Gasteiger partial charge in [-0.2, -0.15) is 4.72 Å². The van der Waals surface area contributed by atoms with E-state index in [0.29, 0.717) is 25.4 Å². The molecule has 1 aliphatic heterocycles. The zero-order valence-corrected chi connectivity index (χ0v) is 16.0. The van der Waals surface area contributed by atoms with Crippen LogP contribution in [0.15, 0.2) is 29.2 Å². The fourth-order valence-corrected chi connectivity index (χ4v) is 4.24. The van der Waals surface area contributed by atoms with Crippen LogP contribution in [0.2, 0.25) is 0 Å². The molecule has 1 atom stereocenters. The molecule has 1 aliphatic rings. The summed E-state index contributed by atoms with van der Waals surface area (Å²) < 4.78 is 33.3. The molecule has 25 heavy (non-hydrogen) atoms. The molecule has 0 radical (unpaired) electrons. The first-order valence-corrected chi connectivity index (χ1v) is 10.4. The Hall–Kier alpha value is -1.60. The molecule has 140 valence electrons. The smallest absolute Gasteiger partial charge is 0.241 e. The van der Waals surface area contributed by atoms with Crippen molar-refractivity contribution in [2.75, 3.05) is 19.7 Å². The van der Waals surface area contributed by atoms with Crippen LogP contribution >= 0.6 is 0 Å². The second-order valence-corrected chi connectivity index (χ2v) is 8.35.